The standard InChI is InChI=1S/C20H23NOS/c1-14-6-2-5-9-16(14)19-17-11-13-23-18(17)10-12-21(19)20(22)15-7-3-4-8-15/h2,5-6,9,11,13,15,19H,3-4,7-8,10,12H2,1H3/t19-/m1/s1. The van der Waals surface area contributed by atoms with Crippen LogP contribution in [-0.2, 0) is 11.2 Å². The quantitative estimate of drug-likeness (QED) is 0.782. The second kappa shape index (κ2) is 6.12. The largest absolute Gasteiger partial charge is 0.331 e. The summed E-state index contributed by atoms with van der Waals surface area (Å²) in [7, 11) is 0. The third-order valence-corrected chi connectivity index (χ3v) is 6.43. The molecule has 0 radical (unpaired) electrons. The molecule has 0 N–H and O–H groups in total. The van der Waals surface area contributed by atoms with E-state index in [9.17, 15) is 4.79 Å². The van der Waals surface area contributed by atoms with Crippen LogP contribution in [0.4, 0.5) is 0 Å². The maximum atomic E-state index is 13.2. The lowest BCUT2D eigenvalue weighted by atomic mass is 9.89. The van der Waals surface area contributed by atoms with Gasteiger partial charge in [0.15, 0.2) is 0 Å². The Morgan fingerprint density at radius 1 is 1.13 bits per heavy atom. The van der Waals surface area contributed by atoms with Gasteiger partial charge in [-0.05, 0) is 54.3 Å². The summed E-state index contributed by atoms with van der Waals surface area (Å²) in [6.07, 6.45) is 5.58. The van der Waals surface area contributed by atoms with Gasteiger partial charge in [-0.3, -0.25) is 4.79 Å². The second-order valence-corrected chi connectivity index (χ2v) is 7.82. The maximum absolute atomic E-state index is 13.2. The number of amides is 1. The van der Waals surface area contributed by atoms with E-state index in [-0.39, 0.29) is 12.0 Å². The predicted molar refractivity (Wildman–Crippen MR) is 94.7 cm³/mol. The number of rotatable bonds is 2. The number of carbonyl (C=O) groups excluding carboxylic acids is 1. The van der Waals surface area contributed by atoms with Gasteiger partial charge in [-0.25, -0.2) is 0 Å². The molecule has 2 heterocycles. The van der Waals surface area contributed by atoms with E-state index in [0.29, 0.717) is 5.91 Å². The Morgan fingerprint density at radius 3 is 2.70 bits per heavy atom. The molecule has 4 rings (SSSR count). The average Bonchev–Trinajstić information content (AvgIpc) is 3.25. The van der Waals surface area contributed by atoms with E-state index in [1.807, 2.05) is 11.3 Å². The zero-order valence-electron chi connectivity index (χ0n) is 13.6. The fourth-order valence-corrected chi connectivity index (χ4v) is 5.09. The van der Waals surface area contributed by atoms with Crippen molar-refractivity contribution in [3.8, 4) is 0 Å². The molecule has 1 saturated carbocycles. The number of fused-ring (bicyclic) bond motifs is 1. The molecular weight excluding hydrogens is 302 g/mol. The zero-order valence-corrected chi connectivity index (χ0v) is 14.4. The summed E-state index contributed by atoms with van der Waals surface area (Å²) in [4.78, 5) is 16.8. The van der Waals surface area contributed by atoms with Gasteiger partial charge in [0.05, 0.1) is 6.04 Å². The number of carbonyl (C=O) groups is 1. The van der Waals surface area contributed by atoms with E-state index in [4.69, 9.17) is 0 Å². The van der Waals surface area contributed by atoms with Crippen LogP contribution in [0.15, 0.2) is 35.7 Å². The molecule has 1 fully saturated rings. The minimum absolute atomic E-state index is 0.110. The summed E-state index contributed by atoms with van der Waals surface area (Å²) in [5.41, 5.74) is 3.92. The van der Waals surface area contributed by atoms with Crippen molar-refractivity contribution in [3.05, 3.63) is 57.3 Å². The first-order valence-corrected chi connectivity index (χ1v) is 9.56. The Kier molecular flexibility index (Phi) is 3.98. The summed E-state index contributed by atoms with van der Waals surface area (Å²) in [5, 5.41) is 2.18. The molecule has 2 aromatic rings. The molecule has 3 heteroatoms. The van der Waals surface area contributed by atoms with Crippen molar-refractivity contribution in [2.75, 3.05) is 6.54 Å². The first-order chi connectivity index (χ1) is 11.3. The molecule has 23 heavy (non-hydrogen) atoms. The van der Waals surface area contributed by atoms with Crippen molar-refractivity contribution in [1.82, 2.24) is 4.90 Å². The van der Waals surface area contributed by atoms with E-state index in [1.54, 1.807) is 0 Å². The first kappa shape index (κ1) is 14.9. The van der Waals surface area contributed by atoms with Crippen molar-refractivity contribution in [1.29, 1.82) is 0 Å². The minimum Gasteiger partial charge on any atom is -0.331 e. The van der Waals surface area contributed by atoms with Crippen molar-refractivity contribution in [2.45, 2.75) is 45.1 Å². The van der Waals surface area contributed by atoms with E-state index in [1.165, 1.54) is 34.4 Å². The Bertz CT molecular complexity index is 714. The highest BCUT2D eigenvalue weighted by Crippen LogP contribution is 2.40. The van der Waals surface area contributed by atoms with Gasteiger partial charge in [-0.2, -0.15) is 0 Å². The van der Waals surface area contributed by atoms with Crippen LogP contribution >= 0.6 is 11.3 Å². The van der Waals surface area contributed by atoms with Crippen LogP contribution in [-0.4, -0.2) is 17.4 Å². The van der Waals surface area contributed by atoms with E-state index >= 15 is 0 Å². The number of hydrogen-bond donors (Lipinski definition) is 0. The highest BCUT2D eigenvalue weighted by atomic mass is 32.1. The van der Waals surface area contributed by atoms with Crippen molar-refractivity contribution >= 4 is 17.2 Å². The lowest BCUT2D eigenvalue weighted by Gasteiger charge is -2.38. The number of aryl methyl sites for hydroxylation is 1. The Labute approximate surface area is 142 Å². The normalized spacial score (nSPS) is 21.4. The van der Waals surface area contributed by atoms with Crippen LogP contribution in [0.2, 0.25) is 0 Å². The lowest BCUT2D eigenvalue weighted by molar-refractivity contribution is -0.137. The molecule has 0 unspecified atom stereocenters. The fraction of sp³-hybridized carbons (Fsp3) is 0.450. The average molecular weight is 325 g/mol. The molecule has 1 amide bonds. The molecular formula is C20H23NOS. The van der Waals surface area contributed by atoms with Gasteiger partial charge in [0, 0.05) is 17.3 Å². The zero-order chi connectivity index (χ0) is 15.8. The van der Waals surface area contributed by atoms with Gasteiger partial charge in [0.1, 0.15) is 0 Å². The third kappa shape index (κ3) is 2.61. The van der Waals surface area contributed by atoms with Crippen molar-refractivity contribution in [3.63, 3.8) is 0 Å². The highest BCUT2D eigenvalue weighted by Gasteiger charge is 2.37. The van der Waals surface area contributed by atoms with Gasteiger partial charge < -0.3 is 4.90 Å². The number of hydrogen-bond acceptors (Lipinski definition) is 2. The number of nitrogens with zero attached hydrogens (tertiary/aromatic N) is 1. The van der Waals surface area contributed by atoms with Crippen LogP contribution in [0.25, 0.3) is 0 Å². The van der Waals surface area contributed by atoms with Crippen LogP contribution in [0.3, 0.4) is 0 Å². The van der Waals surface area contributed by atoms with Gasteiger partial charge in [0.25, 0.3) is 0 Å². The Hall–Kier alpha value is -1.61. The Balaban J connectivity index is 1.76. The second-order valence-electron chi connectivity index (χ2n) is 6.82. The number of thiophene rings is 1. The SMILES string of the molecule is Cc1ccccc1[C@@H]1c2ccsc2CCN1C(=O)C1CCCC1. The van der Waals surface area contributed by atoms with Gasteiger partial charge >= 0.3 is 0 Å². The molecule has 1 aromatic heterocycles. The fourth-order valence-electron chi connectivity index (χ4n) is 4.19. The van der Waals surface area contributed by atoms with Gasteiger partial charge in [-0.1, -0.05) is 37.1 Å². The first-order valence-electron chi connectivity index (χ1n) is 8.68. The molecule has 1 aliphatic heterocycles. The predicted octanol–water partition coefficient (Wildman–Crippen LogP) is 4.72. The Morgan fingerprint density at radius 2 is 1.91 bits per heavy atom. The summed E-state index contributed by atoms with van der Waals surface area (Å²) < 4.78 is 0. The summed E-state index contributed by atoms with van der Waals surface area (Å²) in [6.45, 7) is 3.02. The molecule has 0 saturated heterocycles. The molecule has 1 aliphatic carbocycles. The molecule has 1 atom stereocenters. The minimum atomic E-state index is 0.110. The van der Waals surface area contributed by atoms with Crippen molar-refractivity contribution < 1.29 is 4.79 Å². The van der Waals surface area contributed by atoms with E-state index in [2.05, 4.69) is 47.5 Å². The summed E-state index contributed by atoms with van der Waals surface area (Å²) >= 11 is 1.84. The lowest BCUT2D eigenvalue weighted by Crippen LogP contribution is -2.43. The smallest absolute Gasteiger partial charge is 0.226 e. The van der Waals surface area contributed by atoms with Crippen LogP contribution in [0.1, 0.15) is 53.3 Å². The van der Waals surface area contributed by atoms with Gasteiger partial charge in [0.2, 0.25) is 5.91 Å². The maximum Gasteiger partial charge on any atom is 0.226 e. The van der Waals surface area contributed by atoms with Crippen LogP contribution < -0.4 is 0 Å². The van der Waals surface area contributed by atoms with Crippen LogP contribution in [0, 0.1) is 12.8 Å². The highest BCUT2D eigenvalue weighted by molar-refractivity contribution is 7.10. The summed E-state index contributed by atoms with van der Waals surface area (Å²) in [5.74, 6) is 0.634. The monoisotopic (exact) mass is 325 g/mol. The molecule has 0 spiro atoms. The summed E-state index contributed by atoms with van der Waals surface area (Å²) in [6, 6.07) is 10.9. The van der Waals surface area contributed by atoms with Crippen molar-refractivity contribution in [2.24, 2.45) is 5.92 Å². The molecule has 0 bridgehead atoms. The topological polar surface area (TPSA) is 20.3 Å². The molecule has 2 nitrogen and oxygen atoms in total. The van der Waals surface area contributed by atoms with E-state index in [0.717, 1.165) is 25.8 Å². The molecule has 2 aliphatic rings. The van der Waals surface area contributed by atoms with E-state index < -0.39 is 0 Å². The molecule has 1 aromatic carbocycles. The third-order valence-electron chi connectivity index (χ3n) is 5.44. The number of benzene rings is 1. The molecule has 120 valence electrons. The van der Waals surface area contributed by atoms with Crippen LogP contribution in [0.5, 0.6) is 0 Å². The van der Waals surface area contributed by atoms with Gasteiger partial charge in [-0.15, -0.1) is 11.3 Å².